The number of amides is 1. The molecule has 2 aromatic carbocycles. The van der Waals surface area contributed by atoms with Crippen LogP contribution >= 0.6 is 0 Å². The first-order valence-corrected chi connectivity index (χ1v) is 8.16. The molecule has 23 heavy (non-hydrogen) atoms. The Morgan fingerprint density at radius 2 is 1.65 bits per heavy atom. The Balaban J connectivity index is 1.72. The number of hydrogen-bond donors (Lipinski definition) is 2. The summed E-state index contributed by atoms with van der Waals surface area (Å²) in [7, 11) is 0. The van der Waals surface area contributed by atoms with Crippen molar-refractivity contribution in [3.05, 3.63) is 71.8 Å². The van der Waals surface area contributed by atoms with Crippen LogP contribution in [0.5, 0.6) is 0 Å². The van der Waals surface area contributed by atoms with E-state index in [-0.39, 0.29) is 12.5 Å². The molecule has 2 N–H and O–H groups in total. The molecule has 120 valence electrons. The van der Waals surface area contributed by atoms with Crippen molar-refractivity contribution in [3.63, 3.8) is 0 Å². The van der Waals surface area contributed by atoms with Crippen molar-refractivity contribution in [2.45, 2.75) is 37.2 Å². The predicted octanol–water partition coefficient (Wildman–Crippen LogP) is 3.13. The molecule has 3 nitrogen and oxygen atoms in total. The van der Waals surface area contributed by atoms with E-state index in [4.69, 9.17) is 0 Å². The highest BCUT2D eigenvalue weighted by atomic mass is 16.3. The van der Waals surface area contributed by atoms with E-state index in [1.165, 1.54) is 0 Å². The number of nitrogens with one attached hydrogen (secondary N) is 1. The fourth-order valence-electron chi connectivity index (χ4n) is 3.26. The van der Waals surface area contributed by atoms with Gasteiger partial charge in [0.05, 0.1) is 12.0 Å². The van der Waals surface area contributed by atoms with E-state index in [2.05, 4.69) is 5.32 Å². The molecule has 0 aliphatic heterocycles. The average Bonchev–Trinajstić information content (AvgIpc) is 2.54. The monoisotopic (exact) mass is 309 g/mol. The molecule has 0 spiro atoms. The van der Waals surface area contributed by atoms with Crippen molar-refractivity contribution < 1.29 is 9.90 Å². The van der Waals surface area contributed by atoms with Gasteiger partial charge in [0.2, 0.25) is 5.91 Å². The average molecular weight is 309 g/mol. The maximum Gasteiger partial charge on any atom is 0.230 e. The molecule has 1 saturated carbocycles. The zero-order valence-corrected chi connectivity index (χ0v) is 13.5. The lowest BCUT2D eigenvalue weighted by atomic mass is 9.63. The summed E-state index contributed by atoms with van der Waals surface area (Å²) in [4.78, 5) is 12.8. The minimum absolute atomic E-state index is 0.0196. The maximum atomic E-state index is 12.8. The van der Waals surface area contributed by atoms with Gasteiger partial charge >= 0.3 is 0 Å². The lowest BCUT2D eigenvalue weighted by molar-refractivity contribution is -0.131. The van der Waals surface area contributed by atoms with Gasteiger partial charge in [-0.15, -0.1) is 0 Å². The Morgan fingerprint density at radius 3 is 2.17 bits per heavy atom. The normalized spacial score (nSPS) is 18.5. The number of rotatable bonds is 5. The number of aliphatic hydroxyl groups is 1. The highest BCUT2D eigenvalue weighted by molar-refractivity contribution is 5.89. The topological polar surface area (TPSA) is 49.3 Å². The first-order chi connectivity index (χ1) is 11.0. The molecular formula is C20H23NO2. The van der Waals surface area contributed by atoms with Gasteiger partial charge in [-0.2, -0.15) is 0 Å². The van der Waals surface area contributed by atoms with Gasteiger partial charge in [-0.05, 0) is 30.9 Å². The zero-order chi connectivity index (χ0) is 16.3. The summed E-state index contributed by atoms with van der Waals surface area (Å²) in [5.41, 5.74) is 0.387. The molecule has 0 aromatic heterocycles. The van der Waals surface area contributed by atoms with E-state index in [9.17, 15) is 9.90 Å². The smallest absolute Gasteiger partial charge is 0.230 e. The fourth-order valence-corrected chi connectivity index (χ4v) is 3.26. The third-order valence-electron chi connectivity index (χ3n) is 4.96. The van der Waals surface area contributed by atoms with Crippen LogP contribution in [0.4, 0.5) is 0 Å². The molecular weight excluding hydrogens is 286 g/mol. The SMILES string of the molecule is CC(O)(CNC(=O)C1(c2ccccc2)CCC1)c1ccccc1. The van der Waals surface area contributed by atoms with Crippen LogP contribution in [-0.2, 0) is 15.8 Å². The Kier molecular flexibility index (Phi) is 4.22. The molecule has 1 unspecified atom stereocenters. The van der Waals surface area contributed by atoms with Crippen molar-refractivity contribution in [3.8, 4) is 0 Å². The zero-order valence-electron chi connectivity index (χ0n) is 13.5. The molecule has 0 heterocycles. The van der Waals surface area contributed by atoms with Gasteiger partial charge in [0.15, 0.2) is 0 Å². The van der Waals surface area contributed by atoms with Crippen LogP contribution in [0.3, 0.4) is 0 Å². The lowest BCUT2D eigenvalue weighted by Gasteiger charge is -2.41. The Hall–Kier alpha value is -2.13. The summed E-state index contributed by atoms with van der Waals surface area (Å²) in [6.07, 6.45) is 2.81. The number of carbonyl (C=O) groups excluding carboxylic acids is 1. The van der Waals surface area contributed by atoms with Gasteiger partial charge in [0, 0.05) is 0 Å². The molecule has 1 fully saturated rings. The van der Waals surface area contributed by atoms with Crippen LogP contribution in [0, 0.1) is 0 Å². The van der Waals surface area contributed by atoms with E-state index in [1.54, 1.807) is 6.92 Å². The Bertz CT molecular complexity index is 661. The molecule has 1 aliphatic rings. The Morgan fingerprint density at radius 1 is 1.09 bits per heavy atom. The summed E-state index contributed by atoms with van der Waals surface area (Å²) >= 11 is 0. The van der Waals surface area contributed by atoms with Crippen LogP contribution in [0.2, 0.25) is 0 Å². The van der Waals surface area contributed by atoms with Gasteiger partial charge in [0.1, 0.15) is 5.60 Å². The molecule has 2 aromatic rings. The molecule has 1 atom stereocenters. The van der Waals surface area contributed by atoms with Gasteiger partial charge in [0.25, 0.3) is 0 Å². The summed E-state index contributed by atoms with van der Waals surface area (Å²) in [6, 6.07) is 19.4. The minimum atomic E-state index is -1.07. The molecule has 1 aliphatic carbocycles. The van der Waals surface area contributed by atoms with Crippen molar-refractivity contribution in [2.24, 2.45) is 0 Å². The van der Waals surface area contributed by atoms with Crippen LogP contribution in [0.25, 0.3) is 0 Å². The van der Waals surface area contributed by atoms with Crippen molar-refractivity contribution in [2.75, 3.05) is 6.54 Å². The summed E-state index contributed by atoms with van der Waals surface area (Å²) in [5.74, 6) is 0.0196. The number of benzene rings is 2. The van der Waals surface area contributed by atoms with E-state index < -0.39 is 11.0 Å². The second-order valence-electron chi connectivity index (χ2n) is 6.62. The third-order valence-corrected chi connectivity index (χ3v) is 4.96. The lowest BCUT2D eigenvalue weighted by Crippen LogP contribution is -2.52. The summed E-state index contributed by atoms with van der Waals surface area (Å²) < 4.78 is 0. The predicted molar refractivity (Wildman–Crippen MR) is 91.0 cm³/mol. The third kappa shape index (κ3) is 3.02. The van der Waals surface area contributed by atoms with Crippen LogP contribution in [-0.4, -0.2) is 17.6 Å². The molecule has 0 radical (unpaired) electrons. The second kappa shape index (κ2) is 6.17. The fraction of sp³-hybridized carbons (Fsp3) is 0.350. The highest BCUT2D eigenvalue weighted by Crippen LogP contribution is 2.44. The van der Waals surface area contributed by atoms with Crippen LogP contribution < -0.4 is 5.32 Å². The molecule has 0 bridgehead atoms. The quantitative estimate of drug-likeness (QED) is 0.891. The first-order valence-electron chi connectivity index (χ1n) is 8.16. The van der Waals surface area contributed by atoms with Crippen LogP contribution in [0.15, 0.2) is 60.7 Å². The maximum absolute atomic E-state index is 12.8. The molecule has 1 amide bonds. The van der Waals surface area contributed by atoms with Crippen molar-refractivity contribution in [1.29, 1.82) is 0 Å². The molecule has 0 saturated heterocycles. The van der Waals surface area contributed by atoms with E-state index in [0.717, 1.165) is 30.4 Å². The molecule has 3 heteroatoms. The van der Waals surface area contributed by atoms with E-state index >= 15 is 0 Å². The number of carbonyl (C=O) groups is 1. The van der Waals surface area contributed by atoms with Gasteiger partial charge < -0.3 is 10.4 Å². The Labute approximate surface area is 137 Å². The summed E-state index contributed by atoms with van der Waals surface area (Å²) in [5, 5.41) is 13.6. The summed E-state index contributed by atoms with van der Waals surface area (Å²) in [6.45, 7) is 1.95. The largest absolute Gasteiger partial charge is 0.384 e. The van der Waals surface area contributed by atoms with Crippen molar-refractivity contribution in [1.82, 2.24) is 5.32 Å². The van der Waals surface area contributed by atoms with Gasteiger partial charge in [-0.1, -0.05) is 67.1 Å². The molecule has 3 rings (SSSR count). The van der Waals surface area contributed by atoms with E-state index in [0.29, 0.717) is 0 Å². The van der Waals surface area contributed by atoms with Crippen molar-refractivity contribution >= 4 is 5.91 Å². The van der Waals surface area contributed by atoms with E-state index in [1.807, 2.05) is 60.7 Å². The first kappa shape index (κ1) is 15.8. The van der Waals surface area contributed by atoms with Gasteiger partial charge in [-0.3, -0.25) is 4.79 Å². The standard InChI is InChI=1S/C20H23NO2/c1-19(23,16-9-4-2-5-10-16)15-21-18(22)20(13-8-14-20)17-11-6-3-7-12-17/h2-7,9-12,23H,8,13-15H2,1H3,(H,21,22). The number of hydrogen-bond acceptors (Lipinski definition) is 2. The van der Waals surface area contributed by atoms with Crippen LogP contribution in [0.1, 0.15) is 37.3 Å². The van der Waals surface area contributed by atoms with Gasteiger partial charge in [-0.25, -0.2) is 0 Å². The second-order valence-corrected chi connectivity index (χ2v) is 6.62. The minimum Gasteiger partial charge on any atom is -0.384 e. The highest BCUT2D eigenvalue weighted by Gasteiger charge is 2.45.